The van der Waals surface area contributed by atoms with E-state index in [0.29, 0.717) is 31.8 Å². The van der Waals surface area contributed by atoms with Crippen LogP contribution in [0.15, 0.2) is 30.3 Å². The number of amides is 1. The van der Waals surface area contributed by atoms with Crippen LogP contribution in [-0.2, 0) is 20.8 Å². The van der Waals surface area contributed by atoms with Crippen molar-refractivity contribution in [2.75, 3.05) is 32.8 Å². The molecule has 6 nitrogen and oxygen atoms in total. The van der Waals surface area contributed by atoms with Crippen LogP contribution in [0.3, 0.4) is 0 Å². The van der Waals surface area contributed by atoms with Crippen molar-refractivity contribution in [3.63, 3.8) is 0 Å². The lowest BCUT2D eigenvalue weighted by Crippen LogP contribution is -2.51. The lowest BCUT2D eigenvalue weighted by molar-refractivity contribution is -0.180. The highest BCUT2D eigenvalue weighted by Gasteiger charge is 2.41. The lowest BCUT2D eigenvalue weighted by Gasteiger charge is -2.37. The van der Waals surface area contributed by atoms with Gasteiger partial charge in [-0.1, -0.05) is 30.3 Å². The van der Waals surface area contributed by atoms with Crippen LogP contribution in [0.2, 0.25) is 0 Å². The molecule has 1 aliphatic carbocycles. The molecular weight excluding hydrogens is 390 g/mol. The van der Waals surface area contributed by atoms with E-state index in [4.69, 9.17) is 9.47 Å². The second-order valence-corrected chi connectivity index (χ2v) is 9.80. The van der Waals surface area contributed by atoms with Crippen LogP contribution in [-0.4, -0.2) is 72.5 Å². The van der Waals surface area contributed by atoms with Crippen LogP contribution in [0.25, 0.3) is 0 Å². The molecule has 6 heteroatoms. The second-order valence-electron chi connectivity index (χ2n) is 9.80. The first kappa shape index (κ1) is 21.4. The molecule has 0 aromatic heterocycles. The van der Waals surface area contributed by atoms with Gasteiger partial charge in [-0.05, 0) is 57.2 Å². The number of nitrogens with zero attached hydrogens (tertiary/aromatic N) is 2. The highest BCUT2D eigenvalue weighted by molar-refractivity contribution is 5.78. The second kappa shape index (κ2) is 9.57. The molecule has 3 heterocycles. The minimum Gasteiger partial charge on any atom is -0.352 e. The first-order chi connectivity index (χ1) is 15.2. The van der Waals surface area contributed by atoms with E-state index >= 15 is 0 Å². The largest absolute Gasteiger partial charge is 0.352 e. The number of hydrogen-bond donors (Lipinski definition) is 1. The first-order valence-electron chi connectivity index (χ1n) is 12.3. The van der Waals surface area contributed by atoms with Gasteiger partial charge in [-0.15, -0.1) is 0 Å². The summed E-state index contributed by atoms with van der Waals surface area (Å²) in [6, 6.07) is 12.1. The summed E-state index contributed by atoms with van der Waals surface area (Å²) in [5.74, 6) is -0.167. The van der Waals surface area contributed by atoms with Gasteiger partial charge in [0.1, 0.15) is 0 Å². The third kappa shape index (κ3) is 4.98. The van der Waals surface area contributed by atoms with Crippen LogP contribution in [0, 0.1) is 0 Å². The van der Waals surface area contributed by atoms with E-state index in [9.17, 15) is 4.79 Å². The Kier molecular flexibility index (Phi) is 6.60. The van der Waals surface area contributed by atoms with Crippen molar-refractivity contribution in [2.45, 2.75) is 81.8 Å². The maximum absolute atomic E-state index is 12.9. The van der Waals surface area contributed by atoms with E-state index in [1.807, 2.05) is 0 Å². The van der Waals surface area contributed by atoms with Gasteiger partial charge in [0.25, 0.3) is 0 Å². The van der Waals surface area contributed by atoms with E-state index in [1.54, 1.807) is 0 Å². The molecule has 0 bridgehead atoms. The number of ether oxygens (including phenoxy) is 2. The molecule has 1 saturated carbocycles. The molecule has 31 heavy (non-hydrogen) atoms. The summed E-state index contributed by atoms with van der Waals surface area (Å²) in [5.41, 5.74) is 1.39. The Bertz CT molecular complexity index is 727. The zero-order valence-electron chi connectivity index (χ0n) is 18.6. The van der Waals surface area contributed by atoms with Crippen molar-refractivity contribution >= 4 is 5.91 Å². The van der Waals surface area contributed by atoms with Crippen LogP contribution in [0.1, 0.15) is 56.9 Å². The molecule has 1 spiro atoms. The van der Waals surface area contributed by atoms with Gasteiger partial charge in [0.2, 0.25) is 5.91 Å². The number of carbonyl (C=O) groups excluding carboxylic acids is 1. The fraction of sp³-hybridized carbons (Fsp3) is 0.720. The standard InChI is InChI=1S/C25H37N3O3/c29-24(26-21-10-12-25(13-11-21)30-16-17-31-25)19-28-15-5-9-23(28)22-8-4-14-27(22)18-20-6-2-1-3-7-20/h1-3,6-7,21-23H,4-5,8-19H2,(H,26,29). The molecule has 0 radical (unpaired) electrons. The number of carbonyl (C=O) groups is 1. The van der Waals surface area contributed by atoms with Crippen LogP contribution in [0.4, 0.5) is 0 Å². The summed E-state index contributed by atoms with van der Waals surface area (Å²) in [7, 11) is 0. The van der Waals surface area contributed by atoms with Gasteiger partial charge in [-0.2, -0.15) is 0 Å². The number of hydrogen-bond acceptors (Lipinski definition) is 5. The number of likely N-dealkylation sites (tertiary alicyclic amines) is 2. The van der Waals surface area contributed by atoms with Crippen LogP contribution >= 0.6 is 0 Å². The summed E-state index contributed by atoms with van der Waals surface area (Å²) in [5, 5.41) is 3.31. The number of nitrogens with one attached hydrogen (secondary N) is 1. The maximum atomic E-state index is 12.9. The minimum atomic E-state index is -0.355. The third-order valence-electron chi connectivity index (χ3n) is 7.77. The van der Waals surface area contributed by atoms with Gasteiger partial charge in [-0.25, -0.2) is 0 Å². The van der Waals surface area contributed by atoms with Crippen molar-refractivity contribution in [1.82, 2.24) is 15.1 Å². The molecule has 1 aromatic carbocycles. The molecule has 170 valence electrons. The van der Waals surface area contributed by atoms with Gasteiger partial charge in [0.15, 0.2) is 5.79 Å². The van der Waals surface area contributed by atoms with Crippen molar-refractivity contribution < 1.29 is 14.3 Å². The smallest absolute Gasteiger partial charge is 0.234 e. The highest BCUT2D eigenvalue weighted by Crippen LogP contribution is 2.36. The predicted octanol–water partition coefficient (Wildman–Crippen LogP) is 2.92. The Morgan fingerprint density at radius 1 is 0.935 bits per heavy atom. The van der Waals surface area contributed by atoms with E-state index in [1.165, 1.54) is 37.8 Å². The Labute approximate surface area is 186 Å². The fourth-order valence-electron chi connectivity index (χ4n) is 6.23. The summed E-state index contributed by atoms with van der Waals surface area (Å²) >= 11 is 0. The summed E-state index contributed by atoms with van der Waals surface area (Å²) in [6.07, 6.45) is 8.60. The number of benzene rings is 1. The quantitative estimate of drug-likeness (QED) is 0.757. The van der Waals surface area contributed by atoms with Gasteiger partial charge in [0, 0.05) is 37.5 Å². The van der Waals surface area contributed by atoms with Crippen molar-refractivity contribution in [3.8, 4) is 0 Å². The molecule has 3 saturated heterocycles. The monoisotopic (exact) mass is 427 g/mol. The Balaban J connectivity index is 1.13. The third-order valence-corrected chi connectivity index (χ3v) is 7.77. The van der Waals surface area contributed by atoms with Crippen LogP contribution < -0.4 is 5.32 Å². The zero-order chi connectivity index (χ0) is 21.1. The molecule has 4 aliphatic rings. The molecule has 1 aromatic rings. The van der Waals surface area contributed by atoms with E-state index in [-0.39, 0.29) is 17.7 Å². The van der Waals surface area contributed by atoms with Gasteiger partial charge < -0.3 is 14.8 Å². The van der Waals surface area contributed by atoms with E-state index < -0.39 is 0 Å². The molecule has 4 fully saturated rings. The van der Waals surface area contributed by atoms with Gasteiger partial charge >= 0.3 is 0 Å². The molecule has 3 aliphatic heterocycles. The van der Waals surface area contributed by atoms with E-state index in [2.05, 4.69) is 45.4 Å². The topological polar surface area (TPSA) is 54.0 Å². The van der Waals surface area contributed by atoms with Gasteiger partial charge in [-0.3, -0.25) is 14.6 Å². The van der Waals surface area contributed by atoms with Crippen molar-refractivity contribution in [3.05, 3.63) is 35.9 Å². The molecule has 2 unspecified atom stereocenters. The first-order valence-corrected chi connectivity index (χ1v) is 12.3. The molecule has 1 amide bonds. The maximum Gasteiger partial charge on any atom is 0.234 e. The normalized spacial score (nSPS) is 29.7. The van der Waals surface area contributed by atoms with E-state index in [0.717, 1.165) is 38.8 Å². The fourth-order valence-corrected chi connectivity index (χ4v) is 6.23. The average Bonchev–Trinajstić information content (AvgIpc) is 3.53. The Morgan fingerprint density at radius 3 is 2.29 bits per heavy atom. The molecule has 5 rings (SSSR count). The minimum absolute atomic E-state index is 0.189. The van der Waals surface area contributed by atoms with Crippen molar-refractivity contribution in [2.24, 2.45) is 0 Å². The lowest BCUT2D eigenvalue weighted by atomic mass is 9.90. The Hall–Kier alpha value is -1.47. The van der Waals surface area contributed by atoms with Gasteiger partial charge in [0.05, 0.1) is 19.8 Å². The van der Waals surface area contributed by atoms with Crippen LogP contribution in [0.5, 0.6) is 0 Å². The Morgan fingerprint density at radius 2 is 1.58 bits per heavy atom. The predicted molar refractivity (Wildman–Crippen MR) is 120 cm³/mol. The molecular formula is C25H37N3O3. The van der Waals surface area contributed by atoms with Crippen molar-refractivity contribution in [1.29, 1.82) is 0 Å². The summed E-state index contributed by atoms with van der Waals surface area (Å²) < 4.78 is 11.6. The highest BCUT2D eigenvalue weighted by atomic mass is 16.7. The summed E-state index contributed by atoms with van der Waals surface area (Å²) in [6.45, 7) is 5.18. The molecule has 2 atom stereocenters. The molecule has 1 N–H and O–H groups in total. The zero-order valence-corrected chi connectivity index (χ0v) is 18.6. The summed E-state index contributed by atoms with van der Waals surface area (Å²) in [4.78, 5) is 18.0. The average molecular weight is 428 g/mol. The SMILES string of the molecule is O=C(CN1CCCC1C1CCCN1Cc1ccccc1)NC1CCC2(CC1)OCCO2. The number of rotatable bonds is 6.